The molecule has 76 valence electrons. The minimum absolute atomic E-state index is 0.0256. The van der Waals surface area contributed by atoms with E-state index in [1.165, 1.54) is 6.07 Å². The Kier molecular flexibility index (Phi) is 2.09. The van der Waals surface area contributed by atoms with Gasteiger partial charge in [0.2, 0.25) is 0 Å². The first-order valence-corrected chi connectivity index (χ1v) is 4.20. The predicted molar refractivity (Wildman–Crippen MR) is 53.3 cm³/mol. The Hall–Kier alpha value is -2.37. The van der Waals surface area contributed by atoms with Crippen LogP contribution >= 0.6 is 0 Å². The Morgan fingerprint density at radius 1 is 1.27 bits per heavy atom. The number of hydrogen-bond acceptors (Lipinski definition) is 4. The summed E-state index contributed by atoms with van der Waals surface area (Å²) >= 11 is 0. The number of nitrogens with one attached hydrogen (secondary N) is 3. The quantitative estimate of drug-likeness (QED) is 0.559. The third-order valence-electron chi connectivity index (χ3n) is 2.04. The van der Waals surface area contributed by atoms with Crippen LogP contribution in [0.5, 0.6) is 5.75 Å². The Morgan fingerprint density at radius 3 is 2.67 bits per heavy atom. The highest BCUT2D eigenvalue weighted by atomic mass is 16.3. The van der Waals surface area contributed by atoms with E-state index in [9.17, 15) is 9.90 Å². The largest absolute Gasteiger partial charge is 0.507 e. The second-order valence-corrected chi connectivity index (χ2v) is 2.93. The van der Waals surface area contributed by atoms with Gasteiger partial charge in [-0.2, -0.15) is 5.11 Å². The van der Waals surface area contributed by atoms with E-state index in [1.807, 2.05) is 0 Å². The molecule has 0 radical (unpaired) electrons. The van der Waals surface area contributed by atoms with Crippen molar-refractivity contribution in [3.8, 4) is 17.0 Å². The molecule has 0 atom stereocenters. The van der Waals surface area contributed by atoms with Gasteiger partial charge in [-0.1, -0.05) is 12.1 Å². The second-order valence-electron chi connectivity index (χ2n) is 2.93. The lowest BCUT2D eigenvalue weighted by molar-refractivity contribution is 0.477. The first-order chi connectivity index (χ1) is 7.24. The van der Waals surface area contributed by atoms with Crippen molar-refractivity contribution >= 4 is 5.69 Å². The number of benzene rings is 1. The molecule has 1 aromatic heterocycles. The van der Waals surface area contributed by atoms with E-state index in [0.717, 1.165) is 0 Å². The van der Waals surface area contributed by atoms with Crippen LogP contribution in [0.25, 0.3) is 11.3 Å². The number of phenols is 1. The minimum atomic E-state index is -0.483. The van der Waals surface area contributed by atoms with Gasteiger partial charge in [-0.3, -0.25) is 15.0 Å². The van der Waals surface area contributed by atoms with Crippen LogP contribution in [0, 0.1) is 5.53 Å². The van der Waals surface area contributed by atoms with Gasteiger partial charge in [-0.25, -0.2) is 5.53 Å². The molecule has 0 bridgehead atoms. The summed E-state index contributed by atoms with van der Waals surface area (Å²) in [5, 5.41) is 17.5. The van der Waals surface area contributed by atoms with Crippen LogP contribution in [-0.4, -0.2) is 15.3 Å². The van der Waals surface area contributed by atoms with E-state index < -0.39 is 5.56 Å². The standard InChI is InChI=1S/C9H8N4O2/c10-11-8-7(12-13-9(8)15)5-3-1-2-4-6(5)14/h1-4,10,14H,(H2,12,13,15). The van der Waals surface area contributed by atoms with E-state index in [0.29, 0.717) is 11.3 Å². The first kappa shape index (κ1) is 9.20. The smallest absolute Gasteiger partial charge is 0.292 e. The summed E-state index contributed by atoms with van der Waals surface area (Å²) < 4.78 is 0. The van der Waals surface area contributed by atoms with Gasteiger partial charge in [0.05, 0.1) is 5.69 Å². The molecule has 0 fully saturated rings. The molecule has 4 N–H and O–H groups in total. The van der Waals surface area contributed by atoms with E-state index in [4.69, 9.17) is 5.53 Å². The summed E-state index contributed by atoms with van der Waals surface area (Å²) in [7, 11) is 0. The lowest BCUT2D eigenvalue weighted by Crippen LogP contribution is -1.96. The van der Waals surface area contributed by atoms with Gasteiger partial charge in [-0.05, 0) is 12.1 Å². The second kappa shape index (κ2) is 3.41. The molecule has 0 amide bonds. The van der Waals surface area contributed by atoms with E-state index >= 15 is 0 Å². The highest BCUT2D eigenvalue weighted by molar-refractivity contribution is 5.75. The molecule has 2 aromatic rings. The average Bonchev–Trinajstić information content (AvgIpc) is 2.60. The molecular formula is C9H8N4O2. The summed E-state index contributed by atoms with van der Waals surface area (Å²) in [6.07, 6.45) is 0. The molecule has 6 heteroatoms. The van der Waals surface area contributed by atoms with Crippen molar-refractivity contribution in [3.63, 3.8) is 0 Å². The Labute approximate surface area is 84.1 Å². The maximum atomic E-state index is 11.2. The van der Waals surface area contributed by atoms with Crippen LogP contribution < -0.4 is 5.56 Å². The zero-order chi connectivity index (χ0) is 10.8. The summed E-state index contributed by atoms with van der Waals surface area (Å²) in [4.78, 5) is 11.2. The lowest BCUT2D eigenvalue weighted by Gasteiger charge is -2.00. The average molecular weight is 204 g/mol. The molecule has 1 aromatic carbocycles. The van der Waals surface area contributed by atoms with Gasteiger partial charge >= 0.3 is 0 Å². The number of phenolic OH excluding ortho intramolecular Hbond substituents is 1. The third kappa shape index (κ3) is 1.41. The summed E-state index contributed by atoms with van der Waals surface area (Å²) in [6, 6.07) is 6.51. The number of nitrogens with zero attached hydrogens (tertiary/aromatic N) is 1. The fourth-order valence-corrected chi connectivity index (χ4v) is 1.34. The van der Waals surface area contributed by atoms with Crippen LogP contribution in [0.2, 0.25) is 0 Å². The van der Waals surface area contributed by atoms with Crippen molar-refractivity contribution in [2.75, 3.05) is 0 Å². The normalized spacial score (nSPS) is 10.1. The van der Waals surface area contributed by atoms with Gasteiger partial charge in [0.25, 0.3) is 5.56 Å². The number of para-hydroxylation sites is 1. The highest BCUT2D eigenvalue weighted by Gasteiger charge is 2.13. The third-order valence-corrected chi connectivity index (χ3v) is 2.04. The van der Waals surface area contributed by atoms with Crippen molar-refractivity contribution in [3.05, 3.63) is 34.6 Å². The number of H-pyrrole nitrogens is 2. The van der Waals surface area contributed by atoms with Crippen LogP contribution in [-0.2, 0) is 0 Å². The van der Waals surface area contributed by atoms with Gasteiger partial charge in [0, 0.05) is 5.56 Å². The number of hydrogen-bond donors (Lipinski definition) is 4. The maximum absolute atomic E-state index is 11.2. The van der Waals surface area contributed by atoms with Crippen LogP contribution in [0.1, 0.15) is 0 Å². The van der Waals surface area contributed by atoms with Crippen molar-refractivity contribution in [2.45, 2.75) is 0 Å². The SMILES string of the molecule is N=Nc1c(-c2ccccc2O)[nH][nH]c1=O. The summed E-state index contributed by atoms with van der Waals surface area (Å²) in [6.45, 7) is 0. The number of aromatic amines is 2. The highest BCUT2D eigenvalue weighted by Crippen LogP contribution is 2.31. The molecule has 0 aliphatic heterocycles. The van der Waals surface area contributed by atoms with E-state index in [2.05, 4.69) is 15.3 Å². The number of rotatable bonds is 2. The predicted octanol–water partition coefficient (Wildman–Crippen LogP) is 1.74. The monoisotopic (exact) mass is 204 g/mol. The maximum Gasteiger partial charge on any atom is 0.292 e. The van der Waals surface area contributed by atoms with Crippen LogP contribution in [0.4, 0.5) is 5.69 Å². The van der Waals surface area contributed by atoms with Crippen LogP contribution in [0.3, 0.4) is 0 Å². The molecule has 2 rings (SSSR count). The van der Waals surface area contributed by atoms with Gasteiger partial charge in [0.1, 0.15) is 5.75 Å². The van der Waals surface area contributed by atoms with Crippen molar-refractivity contribution in [2.24, 2.45) is 5.11 Å². The van der Waals surface area contributed by atoms with E-state index in [-0.39, 0.29) is 11.4 Å². The number of aromatic hydroxyl groups is 1. The topological polar surface area (TPSA) is 105 Å². The van der Waals surface area contributed by atoms with Crippen molar-refractivity contribution in [1.82, 2.24) is 10.2 Å². The van der Waals surface area contributed by atoms with E-state index in [1.54, 1.807) is 18.2 Å². The molecule has 1 heterocycles. The zero-order valence-corrected chi connectivity index (χ0v) is 7.61. The molecule has 6 nitrogen and oxygen atoms in total. The molecule has 0 saturated carbocycles. The Bertz CT molecular complexity index is 555. The number of aromatic nitrogens is 2. The van der Waals surface area contributed by atoms with Crippen LogP contribution in [0.15, 0.2) is 34.2 Å². The van der Waals surface area contributed by atoms with Gasteiger partial charge in [-0.15, -0.1) is 0 Å². The fourth-order valence-electron chi connectivity index (χ4n) is 1.34. The molecule has 0 aliphatic rings. The molecule has 15 heavy (non-hydrogen) atoms. The molecule has 0 saturated heterocycles. The fraction of sp³-hybridized carbons (Fsp3) is 0. The molecule has 0 spiro atoms. The summed E-state index contributed by atoms with van der Waals surface area (Å²) in [5.41, 5.74) is 7.08. The Balaban J connectivity index is 2.69. The van der Waals surface area contributed by atoms with Crippen molar-refractivity contribution < 1.29 is 5.11 Å². The van der Waals surface area contributed by atoms with Gasteiger partial charge in [0.15, 0.2) is 5.69 Å². The molecule has 0 aliphatic carbocycles. The van der Waals surface area contributed by atoms with Gasteiger partial charge < -0.3 is 5.11 Å². The minimum Gasteiger partial charge on any atom is -0.507 e. The lowest BCUT2D eigenvalue weighted by atomic mass is 10.1. The summed E-state index contributed by atoms with van der Waals surface area (Å²) in [5.74, 6) is 0.0256. The van der Waals surface area contributed by atoms with Crippen molar-refractivity contribution in [1.29, 1.82) is 5.53 Å². The zero-order valence-electron chi connectivity index (χ0n) is 7.61. The molecular weight excluding hydrogens is 196 g/mol. The first-order valence-electron chi connectivity index (χ1n) is 4.20. The Morgan fingerprint density at radius 2 is 2.00 bits per heavy atom. The molecule has 0 unspecified atom stereocenters.